The minimum absolute atomic E-state index is 0.0490. The maximum atomic E-state index is 12.8. The third-order valence-corrected chi connectivity index (χ3v) is 1.89. The van der Waals surface area contributed by atoms with E-state index in [1.807, 2.05) is 0 Å². The average Bonchev–Trinajstić information content (AvgIpc) is 2.01. The fourth-order valence-corrected chi connectivity index (χ4v) is 0.684. The molecule has 0 bridgehead atoms. The van der Waals surface area contributed by atoms with Crippen molar-refractivity contribution in [3.63, 3.8) is 0 Å². The first-order valence-corrected chi connectivity index (χ1v) is 3.69. The van der Waals surface area contributed by atoms with E-state index in [1.165, 1.54) is 0 Å². The van der Waals surface area contributed by atoms with E-state index in [0.29, 0.717) is 7.11 Å². The molecule has 0 aromatic rings. The van der Waals surface area contributed by atoms with E-state index in [2.05, 4.69) is 4.74 Å². The lowest BCUT2D eigenvalue weighted by atomic mass is 10.00. The minimum Gasteiger partial charge on any atom is -0.345 e. The minimum atomic E-state index is -5.85. The molecule has 0 saturated heterocycles. The lowest BCUT2D eigenvalue weighted by Crippen LogP contribution is -2.62. The Hall–Kier alpha value is -0.530. The number of rotatable bonds is 4. The Bertz CT molecular complexity index is 230. The number of halogens is 7. The predicted molar refractivity (Wildman–Crippen MR) is 37.0 cm³/mol. The molecule has 1 unspecified atom stereocenters. The third-order valence-electron chi connectivity index (χ3n) is 1.89. The highest BCUT2D eigenvalue weighted by atomic mass is 19.3. The number of hydrogen-bond acceptors (Lipinski definition) is 1. The predicted octanol–water partition coefficient (Wildman–Crippen LogP) is 3.24. The van der Waals surface area contributed by atoms with Crippen LogP contribution >= 0.6 is 0 Å². The molecule has 0 heterocycles. The monoisotopic (exact) mass is 242 g/mol. The van der Waals surface area contributed by atoms with Gasteiger partial charge in [0.05, 0.1) is 0 Å². The maximum absolute atomic E-state index is 12.8. The Kier molecular flexibility index (Phi) is 3.37. The summed E-state index contributed by atoms with van der Waals surface area (Å²) in [6.45, 7) is -0.473. The van der Waals surface area contributed by atoms with Crippen molar-refractivity contribution in [2.45, 2.75) is 37.5 Å². The molecule has 8 heteroatoms. The second-order valence-corrected chi connectivity index (χ2v) is 3.16. The average molecular weight is 242 g/mol. The molecular weight excluding hydrogens is 233 g/mol. The Balaban J connectivity index is 5.38. The Morgan fingerprint density at radius 2 is 1.07 bits per heavy atom. The van der Waals surface area contributed by atoms with Gasteiger partial charge in [0.1, 0.15) is 0 Å². The molecular formula is C7H9F7O. The molecule has 1 atom stereocenters. The van der Waals surface area contributed by atoms with Gasteiger partial charge in [0, 0.05) is 21.0 Å². The molecule has 0 aromatic carbocycles. The van der Waals surface area contributed by atoms with Gasteiger partial charge in [0.2, 0.25) is 0 Å². The van der Waals surface area contributed by atoms with Crippen molar-refractivity contribution >= 4 is 0 Å². The van der Waals surface area contributed by atoms with Crippen LogP contribution in [0.3, 0.4) is 0 Å². The largest absolute Gasteiger partial charge is 0.377 e. The molecule has 0 rings (SSSR count). The van der Waals surface area contributed by atoms with E-state index in [-0.39, 0.29) is 6.92 Å². The number of hydrogen-bond donors (Lipinski definition) is 0. The van der Waals surface area contributed by atoms with Gasteiger partial charge in [-0.05, 0) is 0 Å². The fraction of sp³-hybridized carbons (Fsp3) is 1.00. The molecule has 0 N–H and O–H groups in total. The lowest BCUT2D eigenvalue weighted by molar-refractivity contribution is -0.378. The van der Waals surface area contributed by atoms with Crippen LogP contribution in [0.1, 0.15) is 13.8 Å². The SMILES string of the molecule is COC(C)(F)C(F)(F)C(F)(F)C(C)(F)F. The number of methoxy groups -OCH3 is 1. The van der Waals surface area contributed by atoms with Crippen molar-refractivity contribution in [2.75, 3.05) is 7.11 Å². The van der Waals surface area contributed by atoms with Crippen molar-refractivity contribution in [1.29, 1.82) is 0 Å². The molecule has 0 fully saturated rings. The van der Waals surface area contributed by atoms with E-state index in [9.17, 15) is 30.7 Å². The highest BCUT2D eigenvalue weighted by Gasteiger charge is 2.77. The maximum Gasteiger partial charge on any atom is 0.377 e. The molecule has 0 radical (unpaired) electrons. The van der Waals surface area contributed by atoms with Crippen LogP contribution in [-0.2, 0) is 4.74 Å². The summed E-state index contributed by atoms with van der Waals surface area (Å²) in [6, 6.07) is 0. The number of ether oxygens (including phenoxy) is 1. The van der Waals surface area contributed by atoms with Gasteiger partial charge in [-0.1, -0.05) is 0 Å². The molecule has 0 aliphatic carbocycles. The van der Waals surface area contributed by atoms with Gasteiger partial charge < -0.3 is 4.74 Å². The van der Waals surface area contributed by atoms with Gasteiger partial charge in [-0.2, -0.15) is 26.3 Å². The van der Waals surface area contributed by atoms with Crippen LogP contribution in [0.2, 0.25) is 0 Å². The molecule has 15 heavy (non-hydrogen) atoms. The van der Waals surface area contributed by atoms with Gasteiger partial charge in [0.15, 0.2) is 0 Å². The van der Waals surface area contributed by atoms with Crippen LogP contribution in [0.25, 0.3) is 0 Å². The van der Waals surface area contributed by atoms with Crippen LogP contribution in [0.15, 0.2) is 0 Å². The number of alkyl halides is 7. The van der Waals surface area contributed by atoms with Gasteiger partial charge >= 0.3 is 17.8 Å². The molecule has 1 nitrogen and oxygen atoms in total. The van der Waals surface area contributed by atoms with Gasteiger partial charge in [-0.3, -0.25) is 0 Å². The van der Waals surface area contributed by atoms with Crippen LogP contribution in [0.5, 0.6) is 0 Å². The van der Waals surface area contributed by atoms with Gasteiger partial charge in [-0.25, -0.2) is 4.39 Å². The standard InChI is InChI=1S/C7H9F7O/c1-4(8,9)6(11,12)7(13,14)5(2,10)15-3/h1-3H3. The normalized spacial score (nSPS) is 18.8. The van der Waals surface area contributed by atoms with E-state index in [1.54, 1.807) is 0 Å². The topological polar surface area (TPSA) is 9.23 Å². The zero-order valence-electron chi connectivity index (χ0n) is 8.05. The zero-order chi connectivity index (χ0) is 12.7. The Labute approximate surface area is 81.2 Å². The van der Waals surface area contributed by atoms with Crippen LogP contribution < -0.4 is 0 Å². The highest BCUT2D eigenvalue weighted by molar-refractivity contribution is 5.00. The summed E-state index contributed by atoms with van der Waals surface area (Å²) in [5, 5.41) is 0. The van der Waals surface area contributed by atoms with Crippen LogP contribution in [0, 0.1) is 0 Å². The van der Waals surface area contributed by atoms with Crippen LogP contribution in [0.4, 0.5) is 30.7 Å². The van der Waals surface area contributed by atoms with E-state index < -0.39 is 30.5 Å². The fourth-order valence-electron chi connectivity index (χ4n) is 0.684. The highest BCUT2D eigenvalue weighted by Crippen LogP contribution is 2.51. The Morgan fingerprint density at radius 1 is 0.733 bits per heavy atom. The molecule has 92 valence electrons. The van der Waals surface area contributed by atoms with Crippen molar-refractivity contribution < 1.29 is 35.5 Å². The van der Waals surface area contributed by atoms with E-state index in [4.69, 9.17) is 0 Å². The van der Waals surface area contributed by atoms with Crippen LogP contribution in [-0.4, -0.2) is 30.7 Å². The second kappa shape index (κ2) is 3.50. The first-order chi connectivity index (χ1) is 6.31. The summed E-state index contributed by atoms with van der Waals surface area (Å²) in [5.41, 5.74) is 0. The summed E-state index contributed by atoms with van der Waals surface area (Å²) in [6.07, 6.45) is 0. The molecule has 0 amide bonds. The molecule has 0 saturated carbocycles. The van der Waals surface area contributed by atoms with Crippen molar-refractivity contribution in [1.82, 2.24) is 0 Å². The Morgan fingerprint density at radius 3 is 1.27 bits per heavy atom. The third kappa shape index (κ3) is 2.04. The first kappa shape index (κ1) is 14.5. The molecule has 0 aromatic heterocycles. The summed E-state index contributed by atoms with van der Waals surface area (Å²) in [7, 11) is 0.373. The van der Waals surface area contributed by atoms with Crippen molar-refractivity contribution in [2.24, 2.45) is 0 Å². The molecule has 0 aliphatic rings. The summed E-state index contributed by atoms with van der Waals surface area (Å²) >= 11 is 0. The summed E-state index contributed by atoms with van der Waals surface area (Å²) in [5.74, 6) is -20.7. The molecule has 0 spiro atoms. The van der Waals surface area contributed by atoms with E-state index in [0.717, 1.165) is 0 Å². The smallest absolute Gasteiger partial charge is 0.345 e. The van der Waals surface area contributed by atoms with Crippen molar-refractivity contribution in [3.05, 3.63) is 0 Å². The van der Waals surface area contributed by atoms with Gasteiger partial charge in [0.25, 0.3) is 5.85 Å². The van der Waals surface area contributed by atoms with E-state index >= 15 is 0 Å². The second-order valence-electron chi connectivity index (χ2n) is 3.16. The van der Waals surface area contributed by atoms with Crippen molar-refractivity contribution in [3.8, 4) is 0 Å². The van der Waals surface area contributed by atoms with Gasteiger partial charge in [-0.15, -0.1) is 0 Å². The summed E-state index contributed by atoms with van der Waals surface area (Å²) < 4.78 is 91.3. The zero-order valence-corrected chi connectivity index (χ0v) is 8.05. The lowest BCUT2D eigenvalue weighted by Gasteiger charge is -2.36. The first-order valence-electron chi connectivity index (χ1n) is 3.69. The summed E-state index contributed by atoms with van der Waals surface area (Å²) in [4.78, 5) is 0. The quantitative estimate of drug-likeness (QED) is 0.687. The molecule has 0 aliphatic heterocycles.